The van der Waals surface area contributed by atoms with Gasteiger partial charge in [0.25, 0.3) is 0 Å². The van der Waals surface area contributed by atoms with Crippen molar-refractivity contribution in [2.75, 3.05) is 13.6 Å². The molecule has 2 nitrogen and oxygen atoms in total. The normalized spacial score (nSPS) is 17.4. The third-order valence-corrected chi connectivity index (χ3v) is 4.48. The molecule has 0 aromatic heterocycles. The predicted molar refractivity (Wildman–Crippen MR) is 99.9 cm³/mol. The van der Waals surface area contributed by atoms with Crippen molar-refractivity contribution in [3.05, 3.63) is 12.4 Å². The van der Waals surface area contributed by atoms with E-state index in [0.29, 0.717) is 6.17 Å². The fraction of sp³-hybridized carbons (Fsp3) is 0.889. The van der Waals surface area contributed by atoms with Crippen LogP contribution in [-0.4, -0.2) is 29.6 Å². The highest BCUT2D eigenvalue weighted by molar-refractivity contribution is 8.93. The van der Waals surface area contributed by atoms with Crippen molar-refractivity contribution >= 4 is 17.0 Å². The highest BCUT2D eigenvalue weighted by Gasteiger charge is 2.20. The SMILES string of the molecule is Br.CCCCCCCCCCCCN1C=CN(C)C1CC. The maximum atomic E-state index is 2.50. The van der Waals surface area contributed by atoms with Crippen molar-refractivity contribution in [2.45, 2.75) is 90.6 Å². The lowest BCUT2D eigenvalue weighted by Gasteiger charge is -2.29. The standard InChI is InChI=1S/C18H36N2.BrH/c1-4-6-7-8-9-10-11-12-13-14-15-20-17-16-19(3)18(20)5-2;/h16-18H,4-15H2,1-3H3;1H. The summed E-state index contributed by atoms with van der Waals surface area (Å²) in [6.07, 6.45) is 20.5. The summed E-state index contributed by atoms with van der Waals surface area (Å²) in [6, 6.07) is 0. The van der Waals surface area contributed by atoms with Crippen molar-refractivity contribution in [1.29, 1.82) is 0 Å². The van der Waals surface area contributed by atoms with Crippen LogP contribution in [0.3, 0.4) is 0 Å². The van der Waals surface area contributed by atoms with Crippen LogP contribution in [0.25, 0.3) is 0 Å². The van der Waals surface area contributed by atoms with Crippen LogP contribution in [0.15, 0.2) is 12.4 Å². The van der Waals surface area contributed by atoms with Crippen LogP contribution in [0.2, 0.25) is 0 Å². The van der Waals surface area contributed by atoms with E-state index < -0.39 is 0 Å². The van der Waals surface area contributed by atoms with E-state index in [2.05, 4.69) is 43.1 Å². The van der Waals surface area contributed by atoms with Gasteiger partial charge in [0, 0.05) is 26.0 Å². The van der Waals surface area contributed by atoms with Crippen LogP contribution in [0.1, 0.15) is 84.5 Å². The first kappa shape index (κ1) is 20.8. The minimum absolute atomic E-state index is 0. The lowest BCUT2D eigenvalue weighted by atomic mass is 10.1. The minimum Gasteiger partial charge on any atom is -0.359 e. The van der Waals surface area contributed by atoms with Gasteiger partial charge in [0.1, 0.15) is 6.17 Å². The van der Waals surface area contributed by atoms with E-state index in [1.807, 2.05) is 0 Å². The van der Waals surface area contributed by atoms with E-state index in [1.54, 1.807) is 0 Å². The number of hydrogen-bond acceptors (Lipinski definition) is 2. The molecule has 1 rings (SSSR count). The van der Waals surface area contributed by atoms with Crippen LogP contribution in [0.4, 0.5) is 0 Å². The molecule has 0 saturated carbocycles. The predicted octanol–water partition coefficient (Wildman–Crippen LogP) is 5.94. The number of rotatable bonds is 12. The smallest absolute Gasteiger partial charge is 0.100 e. The molecule has 0 saturated heterocycles. The lowest BCUT2D eigenvalue weighted by Crippen LogP contribution is -2.36. The highest BCUT2D eigenvalue weighted by Crippen LogP contribution is 2.18. The fourth-order valence-corrected chi connectivity index (χ4v) is 3.15. The summed E-state index contributed by atoms with van der Waals surface area (Å²) in [7, 11) is 2.18. The van der Waals surface area contributed by atoms with Crippen molar-refractivity contribution in [3.63, 3.8) is 0 Å². The molecule has 0 N–H and O–H groups in total. The monoisotopic (exact) mass is 360 g/mol. The van der Waals surface area contributed by atoms with E-state index in [4.69, 9.17) is 0 Å². The molecule has 0 fully saturated rings. The van der Waals surface area contributed by atoms with Crippen molar-refractivity contribution in [1.82, 2.24) is 9.80 Å². The van der Waals surface area contributed by atoms with Gasteiger partial charge in [-0.1, -0.05) is 71.6 Å². The maximum Gasteiger partial charge on any atom is 0.100 e. The largest absolute Gasteiger partial charge is 0.359 e. The zero-order valence-electron chi connectivity index (χ0n) is 14.5. The van der Waals surface area contributed by atoms with E-state index in [0.717, 1.165) is 0 Å². The summed E-state index contributed by atoms with van der Waals surface area (Å²) in [5.74, 6) is 0. The van der Waals surface area contributed by atoms with Crippen molar-refractivity contribution < 1.29 is 0 Å². The first-order valence-corrected chi connectivity index (χ1v) is 8.95. The molecule has 1 aliphatic heterocycles. The van der Waals surface area contributed by atoms with E-state index in [9.17, 15) is 0 Å². The zero-order valence-corrected chi connectivity index (χ0v) is 16.2. The number of nitrogens with zero attached hydrogens (tertiary/aromatic N) is 2. The number of hydrogen-bond donors (Lipinski definition) is 0. The molecule has 21 heavy (non-hydrogen) atoms. The van der Waals surface area contributed by atoms with Gasteiger partial charge >= 0.3 is 0 Å². The number of halogens is 1. The molecule has 0 radical (unpaired) electrons. The average Bonchev–Trinajstić information content (AvgIpc) is 2.81. The van der Waals surface area contributed by atoms with E-state index >= 15 is 0 Å². The molecule has 126 valence electrons. The summed E-state index contributed by atoms with van der Waals surface area (Å²) < 4.78 is 0. The summed E-state index contributed by atoms with van der Waals surface area (Å²) in [5, 5.41) is 0. The Labute approximate surface area is 143 Å². The van der Waals surface area contributed by atoms with Gasteiger partial charge in [0.2, 0.25) is 0 Å². The fourth-order valence-electron chi connectivity index (χ4n) is 3.15. The second-order valence-corrected chi connectivity index (χ2v) is 6.27. The molecule has 1 heterocycles. The molecule has 0 spiro atoms. The summed E-state index contributed by atoms with van der Waals surface area (Å²) >= 11 is 0. The molecule has 0 aliphatic carbocycles. The molecule has 3 heteroatoms. The van der Waals surface area contributed by atoms with E-state index in [-0.39, 0.29) is 17.0 Å². The topological polar surface area (TPSA) is 6.48 Å². The minimum atomic E-state index is 0. The number of unbranched alkanes of at least 4 members (excludes halogenated alkanes) is 9. The molecular weight excluding hydrogens is 324 g/mol. The first-order chi connectivity index (χ1) is 9.79. The van der Waals surface area contributed by atoms with Crippen LogP contribution >= 0.6 is 17.0 Å². The Bertz CT molecular complexity index is 256. The van der Waals surface area contributed by atoms with Gasteiger partial charge in [-0.2, -0.15) is 0 Å². The molecule has 1 atom stereocenters. The quantitative estimate of drug-likeness (QED) is 0.397. The summed E-state index contributed by atoms with van der Waals surface area (Å²) in [4.78, 5) is 4.83. The highest BCUT2D eigenvalue weighted by atomic mass is 79.9. The first-order valence-electron chi connectivity index (χ1n) is 8.95. The van der Waals surface area contributed by atoms with Gasteiger partial charge in [-0.15, -0.1) is 17.0 Å². The van der Waals surface area contributed by atoms with Crippen LogP contribution < -0.4 is 0 Å². The summed E-state index contributed by atoms with van der Waals surface area (Å²) in [5.41, 5.74) is 0. The van der Waals surface area contributed by atoms with Gasteiger partial charge in [-0.05, 0) is 12.8 Å². The van der Waals surface area contributed by atoms with Crippen LogP contribution in [0.5, 0.6) is 0 Å². The Morgan fingerprint density at radius 1 is 0.762 bits per heavy atom. The van der Waals surface area contributed by atoms with Crippen LogP contribution in [-0.2, 0) is 0 Å². The second kappa shape index (κ2) is 13.5. The van der Waals surface area contributed by atoms with E-state index in [1.165, 1.54) is 77.2 Å². The summed E-state index contributed by atoms with van der Waals surface area (Å²) in [6.45, 7) is 5.80. The Balaban J connectivity index is 0.00000400. The molecule has 0 aromatic rings. The van der Waals surface area contributed by atoms with Gasteiger partial charge in [-0.25, -0.2) is 0 Å². The maximum absolute atomic E-state index is 2.50. The van der Waals surface area contributed by atoms with Gasteiger partial charge < -0.3 is 9.80 Å². The van der Waals surface area contributed by atoms with Gasteiger partial charge in [0.05, 0.1) is 0 Å². The molecular formula is C18H37BrN2. The third kappa shape index (κ3) is 8.75. The van der Waals surface area contributed by atoms with Crippen molar-refractivity contribution in [2.24, 2.45) is 0 Å². The molecule has 1 aliphatic rings. The zero-order chi connectivity index (χ0) is 14.6. The molecule has 0 aromatic carbocycles. The Hall–Kier alpha value is -0.180. The average molecular weight is 361 g/mol. The molecule has 0 bridgehead atoms. The Morgan fingerprint density at radius 2 is 1.29 bits per heavy atom. The van der Waals surface area contributed by atoms with Crippen LogP contribution in [0, 0.1) is 0 Å². The van der Waals surface area contributed by atoms with Crippen molar-refractivity contribution in [3.8, 4) is 0 Å². The Kier molecular flexibility index (Phi) is 13.4. The molecule has 1 unspecified atom stereocenters. The van der Waals surface area contributed by atoms with Gasteiger partial charge in [-0.3, -0.25) is 0 Å². The second-order valence-electron chi connectivity index (χ2n) is 6.27. The lowest BCUT2D eigenvalue weighted by molar-refractivity contribution is 0.168. The molecule has 0 amide bonds. The third-order valence-electron chi connectivity index (χ3n) is 4.48. The Morgan fingerprint density at radius 3 is 1.81 bits per heavy atom. The van der Waals surface area contributed by atoms with Gasteiger partial charge in [0.15, 0.2) is 0 Å².